The lowest BCUT2D eigenvalue weighted by Crippen LogP contribution is -2.29. The van der Waals surface area contributed by atoms with Crippen LogP contribution in [0.2, 0.25) is 0 Å². The van der Waals surface area contributed by atoms with E-state index in [1.807, 2.05) is 0 Å². The first-order valence-electron chi connectivity index (χ1n) is 4.89. The van der Waals surface area contributed by atoms with Crippen molar-refractivity contribution in [3.8, 4) is 0 Å². The van der Waals surface area contributed by atoms with Gasteiger partial charge < -0.3 is 5.11 Å². The van der Waals surface area contributed by atoms with Gasteiger partial charge in [0.15, 0.2) is 0 Å². The highest BCUT2D eigenvalue weighted by Gasteiger charge is 2.32. The van der Waals surface area contributed by atoms with Gasteiger partial charge in [0.1, 0.15) is 5.82 Å². The molecule has 1 aromatic rings. The Kier molecular flexibility index (Phi) is 2.63. The number of hydrogen-bond donors (Lipinski definition) is 1. The average molecular weight is 237 g/mol. The summed E-state index contributed by atoms with van der Waals surface area (Å²) in [6.45, 7) is 0. The van der Waals surface area contributed by atoms with Crippen LogP contribution in [0.25, 0.3) is 0 Å². The van der Waals surface area contributed by atoms with Gasteiger partial charge in [0.05, 0.1) is 11.3 Å². The number of amides is 2. The lowest BCUT2D eigenvalue weighted by molar-refractivity contribution is -0.121. The SMILES string of the molecule is O=C(O)c1ccc(F)c(N2C(=O)CCC2=O)c1. The minimum atomic E-state index is -1.25. The summed E-state index contributed by atoms with van der Waals surface area (Å²) in [6, 6.07) is 2.99. The van der Waals surface area contributed by atoms with Gasteiger partial charge in [-0.2, -0.15) is 0 Å². The predicted octanol–water partition coefficient (Wildman–Crippen LogP) is 1.18. The van der Waals surface area contributed by atoms with Gasteiger partial charge in [-0.25, -0.2) is 14.1 Å². The topological polar surface area (TPSA) is 74.7 Å². The molecule has 88 valence electrons. The molecule has 0 saturated carbocycles. The van der Waals surface area contributed by atoms with Gasteiger partial charge in [0.25, 0.3) is 0 Å². The Bertz CT molecular complexity index is 510. The summed E-state index contributed by atoms with van der Waals surface area (Å²) in [6.07, 6.45) is 0.0468. The van der Waals surface area contributed by atoms with Crippen molar-refractivity contribution in [2.24, 2.45) is 0 Å². The van der Waals surface area contributed by atoms with E-state index in [9.17, 15) is 18.8 Å². The summed E-state index contributed by atoms with van der Waals surface area (Å²) in [5.74, 6) is -3.07. The molecule has 1 aliphatic heterocycles. The molecular formula is C11H8FNO4. The molecule has 17 heavy (non-hydrogen) atoms. The zero-order valence-corrected chi connectivity index (χ0v) is 8.64. The van der Waals surface area contributed by atoms with Gasteiger partial charge in [0.2, 0.25) is 11.8 Å². The summed E-state index contributed by atoms with van der Waals surface area (Å²) < 4.78 is 13.5. The van der Waals surface area contributed by atoms with Gasteiger partial charge in [-0.15, -0.1) is 0 Å². The van der Waals surface area contributed by atoms with Crippen molar-refractivity contribution in [3.63, 3.8) is 0 Å². The van der Waals surface area contributed by atoms with Crippen LogP contribution in [0.5, 0.6) is 0 Å². The quantitative estimate of drug-likeness (QED) is 0.783. The molecule has 1 aliphatic rings. The predicted molar refractivity (Wildman–Crippen MR) is 55.1 cm³/mol. The van der Waals surface area contributed by atoms with Crippen molar-refractivity contribution in [3.05, 3.63) is 29.6 Å². The number of nitrogens with zero attached hydrogens (tertiary/aromatic N) is 1. The highest BCUT2D eigenvalue weighted by Crippen LogP contribution is 2.26. The molecular weight excluding hydrogens is 229 g/mol. The number of aromatic carboxylic acids is 1. The third-order valence-corrected chi connectivity index (χ3v) is 2.49. The Morgan fingerprint density at radius 1 is 1.24 bits per heavy atom. The van der Waals surface area contributed by atoms with Gasteiger partial charge in [0, 0.05) is 12.8 Å². The number of carbonyl (C=O) groups is 3. The van der Waals surface area contributed by atoms with Crippen molar-refractivity contribution < 1.29 is 23.9 Å². The Balaban J connectivity index is 2.50. The largest absolute Gasteiger partial charge is 0.478 e. The van der Waals surface area contributed by atoms with E-state index in [-0.39, 0.29) is 24.1 Å². The average Bonchev–Trinajstić information content (AvgIpc) is 2.59. The van der Waals surface area contributed by atoms with E-state index < -0.39 is 23.6 Å². The lowest BCUT2D eigenvalue weighted by atomic mass is 10.2. The number of carboxylic acid groups (broad SMARTS) is 1. The van der Waals surface area contributed by atoms with E-state index in [1.54, 1.807) is 0 Å². The van der Waals surface area contributed by atoms with E-state index >= 15 is 0 Å². The highest BCUT2D eigenvalue weighted by atomic mass is 19.1. The molecule has 1 fully saturated rings. The van der Waals surface area contributed by atoms with Crippen LogP contribution in [0.1, 0.15) is 23.2 Å². The third kappa shape index (κ3) is 1.89. The zero-order valence-electron chi connectivity index (χ0n) is 8.64. The summed E-state index contributed by atoms with van der Waals surface area (Å²) in [4.78, 5) is 34.2. The maximum atomic E-state index is 13.5. The minimum Gasteiger partial charge on any atom is -0.478 e. The molecule has 0 aliphatic carbocycles. The lowest BCUT2D eigenvalue weighted by Gasteiger charge is -2.14. The second-order valence-electron chi connectivity index (χ2n) is 3.59. The molecule has 2 amide bonds. The van der Waals surface area contributed by atoms with Crippen LogP contribution >= 0.6 is 0 Å². The van der Waals surface area contributed by atoms with Crippen LogP contribution in [0.3, 0.4) is 0 Å². The summed E-state index contributed by atoms with van der Waals surface area (Å²) >= 11 is 0. The van der Waals surface area contributed by atoms with Crippen molar-refractivity contribution >= 4 is 23.5 Å². The van der Waals surface area contributed by atoms with E-state index in [4.69, 9.17) is 5.11 Å². The summed E-state index contributed by atoms with van der Waals surface area (Å²) in [7, 11) is 0. The zero-order chi connectivity index (χ0) is 12.6. The number of carboxylic acids is 1. The fraction of sp³-hybridized carbons (Fsp3) is 0.182. The van der Waals surface area contributed by atoms with Crippen LogP contribution in [-0.4, -0.2) is 22.9 Å². The molecule has 0 radical (unpaired) electrons. The normalized spacial score (nSPS) is 15.5. The number of halogens is 1. The number of anilines is 1. The molecule has 0 unspecified atom stereocenters. The number of hydrogen-bond acceptors (Lipinski definition) is 3. The third-order valence-electron chi connectivity index (χ3n) is 2.49. The van der Waals surface area contributed by atoms with Crippen LogP contribution < -0.4 is 4.90 Å². The van der Waals surface area contributed by atoms with Crippen LogP contribution in [-0.2, 0) is 9.59 Å². The number of imide groups is 1. The molecule has 5 nitrogen and oxygen atoms in total. The molecule has 0 spiro atoms. The monoisotopic (exact) mass is 237 g/mol. The van der Waals surface area contributed by atoms with Crippen molar-refractivity contribution in [2.75, 3.05) is 4.90 Å². The number of carbonyl (C=O) groups excluding carboxylic acids is 2. The van der Waals surface area contributed by atoms with Crippen molar-refractivity contribution in [2.45, 2.75) is 12.8 Å². The fourth-order valence-corrected chi connectivity index (χ4v) is 1.66. The Hall–Kier alpha value is -2.24. The van der Waals surface area contributed by atoms with Crippen LogP contribution in [0.15, 0.2) is 18.2 Å². The molecule has 1 N–H and O–H groups in total. The molecule has 6 heteroatoms. The van der Waals surface area contributed by atoms with E-state index in [0.717, 1.165) is 18.2 Å². The standard InChI is InChI=1S/C11H8FNO4/c12-7-2-1-6(11(16)17)5-8(7)13-9(14)3-4-10(13)15/h1-2,5H,3-4H2,(H,16,17). The molecule has 1 aromatic carbocycles. The summed E-state index contributed by atoms with van der Waals surface area (Å²) in [5, 5.41) is 8.76. The molecule has 2 rings (SSSR count). The van der Waals surface area contributed by atoms with Gasteiger partial charge in [-0.05, 0) is 18.2 Å². The van der Waals surface area contributed by atoms with Gasteiger partial charge >= 0.3 is 5.97 Å². The first kappa shape index (κ1) is 11.3. The molecule has 0 bridgehead atoms. The van der Waals surface area contributed by atoms with Crippen molar-refractivity contribution in [1.82, 2.24) is 0 Å². The van der Waals surface area contributed by atoms with E-state index in [0.29, 0.717) is 4.90 Å². The molecule has 0 atom stereocenters. The van der Waals surface area contributed by atoms with Gasteiger partial charge in [-0.3, -0.25) is 9.59 Å². The fourth-order valence-electron chi connectivity index (χ4n) is 1.66. The van der Waals surface area contributed by atoms with Crippen LogP contribution in [0, 0.1) is 5.82 Å². The van der Waals surface area contributed by atoms with Crippen molar-refractivity contribution in [1.29, 1.82) is 0 Å². The molecule has 1 saturated heterocycles. The first-order valence-corrected chi connectivity index (χ1v) is 4.89. The Labute approximate surface area is 95.5 Å². The van der Waals surface area contributed by atoms with Crippen LogP contribution in [0.4, 0.5) is 10.1 Å². The Morgan fingerprint density at radius 2 is 1.82 bits per heavy atom. The Morgan fingerprint density at radius 3 is 2.35 bits per heavy atom. The maximum Gasteiger partial charge on any atom is 0.335 e. The van der Waals surface area contributed by atoms with E-state index in [1.165, 1.54) is 0 Å². The molecule has 1 heterocycles. The summed E-state index contributed by atoms with van der Waals surface area (Å²) in [5.41, 5.74) is -0.466. The number of benzene rings is 1. The first-order chi connectivity index (χ1) is 8.00. The number of rotatable bonds is 2. The maximum absolute atomic E-state index is 13.5. The minimum absolute atomic E-state index is 0.0234. The molecule has 0 aromatic heterocycles. The van der Waals surface area contributed by atoms with E-state index in [2.05, 4.69) is 0 Å². The smallest absolute Gasteiger partial charge is 0.335 e. The highest BCUT2D eigenvalue weighted by molar-refractivity contribution is 6.20. The second-order valence-corrected chi connectivity index (χ2v) is 3.59. The van der Waals surface area contributed by atoms with Gasteiger partial charge in [-0.1, -0.05) is 0 Å². The second kappa shape index (κ2) is 3.97.